The van der Waals surface area contributed by atoms with Crippen molar-refractivity contribution in [3.8, 4) is 0 Å². The van der Waals surface area contributed by atoms with Crippen molar-refractivity contribution in [3.05, 3.63) is 65.7 Å². The van der Waals surface area contributed by atoms with E-state index in [0.29, 0.717) is 24.9 Å². The Bertz CT molecular complexity index is 639. The zero-order valence-corrected chi connectivity index (χ0v) is 12.6. The number of amides is 2. The van der Waals surface area contributed by atoms with E-state index in [1.807, 2.05) is 49.4 Å². The van der Waals surface area contributed by atoms with Crippen LogP contribution in [0.15, 0.2) is 54.6 Å². The average Bonchev–Trinajstić information content (AvgIpc) is 2.52. The molecule has 0 aromatic heterocycles. The molecule has 0 unspecified atom stereocenters. The number of anilines is 1. The van der Waals surface area contributed by atoms with Gasteiger partial charge in [-0.3, -0.25) is 9.59 Å². The molecule has 2 amide bonds. The Kier molecular flexibility index (Phi) is 5.72. The number of rotatable bonds is 6. The van der Waals surface area contributed by atoms with Crippen LogP contribution in [-0.4, -0.2) is 18.4 Å². The van der Waals surface area contributed by atoms with E-state index < -0.39 is 0 Å². The molecule has 4 heteroatoms. The second-order valence-electron chi connectivity index (χ2n) is 5.14. The van der Waals surface area contributed by atoms with Crippen molar-refractivity contribution in [2.45, 2.75) is 19.8 Å². The van der Waals surface area contributed by atoms with E-state index in [-0.39, 0.29) is 11.8 Å². The third-order valence-corrected chi connectivity index (χ3v) is 3.20. The van der Waals surface area contributed by atoms with Gasteiger partial charge in [0.05, 0.1) is 0 Å². The lowest BCUT2D eigenvalue weighted by molar-refractivity contribution is -0.116. The van der Waals surface area contributed by atoms with Gasteiger partial charge in [0.2, 0.25) is 5.91 Å². The Morgan fingerprint density at radius 1 is 1.00 bits per heavy atom. The van der Waals surface area contributed by atoms with E-state index in [2.05, 4.69) is 10.6 Å². The summed E-state index contributed by atoms with van der Waals surface area (Å²) in [7, 11) is 0. The summed E-state index contributed by atoms with van der Waals surface area (Å²) < 4.78 is 0. The number of carbonyl (C=O) groups excluding carboxylic acids is 2. The van der Waals surface area contributed by atoms with Gasteiger partial charge < -0.3 is 10.6 Å². The fourth-order valence-electron chi connectivity index (χ4n) is 2.09. The SMILES string of the molecule is Cc1cccc(NC(=O)CCCNC(=O)c2ccccc2)c1. The van der Waals surface area contributed by atoms with Crippen molar-refractivity contribution in [1.82, 2.24) is 5.32 Å². The first-order chi connectivity index (χ1) is 10.6. The molecule has 0 atom stereocenters. The lowest BCUT2D eigenvalue weighted by atomic mass is 10.2. The minimum atomic E-state index is -0.111. The number of hydrogen-bond donors (Lipinski definition) is 2. The Morgan fingerprint density at radius 3 is 2.50 bits per heavy atom. The molecule has 0 spiro atoms. The molecule has 0 aliphatic heterocycles. The Labute approximate surface area is 130 Å². The minimum absolute atomic E-state index is 0.0421. The molecule has 0 bridgehead atoms. The molecule has 0 aliphatic rings. The fourth-order valence-corrected chi connectivity index (χ4v) is 2.09. The fraction of sp³-hybridized carbons (Fsp3) is 0.222. The smallest absolute Gasteiger partial charge is 0.251 e. The zero-order valence-electron chi connectivity index (χ0n) is 12.6. The van der Waals surface area contributed by atoms with Crippen LogP contribution in [-0.2, 0) is 4.79 Å². The maximum absolute atomic E-state index is 11.8. The predicted octanol–water partition coefficient (Wildman–Crippen LogP) is 3.14. The number of benzene rings is 2. The number of carbonyl (C=O) groups is 2. The molecular formula is C18H20N2O2. The molecule has 0 radical (unpaired) electrons. The second-order valence-corrected chi connectivity index (χ2v) is 5.14. The highest BCUT2D eigenvalue weighted by molar-refractivity contribution is 5.94. The maximum Gasteiger partial charge on any atom is 0.251 e. The number of hydrogen-bond acceptors (Lipinski definition) is 2. The molecule has 2 aromatic carbocycles. The van der Waals surface area contributed by atoms with Gasteiger partial charge in [-0.15, -0.1) is 0 Å². The first kappa shape index (κ1) is 15.8. The summed E-state index contributed by atoms with van der Waals surface area (Å²) in [6, 6.07) is 16.7. The van der Waals surface area contributed by atoms with Gasteiger partial charge in [0, 0.05) is 24.2 Å². The van der Waals surface area contributed by atoms with Crippen LogP contribution in [0.2, 0.25) is 0 Å². The molecule has 22 heavy (non-hydrogen) atoms. The van der Waals surface area contributed by atoms with Crippen LogP contribution in [0.25, 0.3) is 0 Å². The Morgan fingerprint density at radius 2 is 1.77 bits per heavy atom. The molecule has 2 N–H and O–H groups in total. The summed E-state index contributed by atoms with van der Waals surface area (Å²) >= 11 is 0. The van der Waals surface area contributed by atoms with E-state index in [0.717, 1.165) is 11.3 Å². The zero-order chi connectivity index (χ0) is 15.8. The largest absolute Gasteiger partial charge is 0.352 e. The summed E-state index contributed by atoms with van der Waals surface area (Å²) in [5.41, 5.74) is 2.54. The summed E-state index contributed by atoms with van der Waals surface area (Å²) in [6.45, 7) is 2.46. The van der Waals surface area contributed by atoms with Crippen molar-refractivity contribution >= 4 is 17.5 Å². The van der Waals surface area contributed by atoms with Crippen LogP contribution in [0.3, 0.4) is 0 Å². The van der Waals surface area contributed by atoms with Gasteiger partial charge in [-0.2, -0.15) is 0 Å². The van der Waals surface area contributed by atoms with Crippen LogP contribution in [0.5, 0.6) is 0 Å². The van der Waals surface area contributed by atoms with E-state index in [9.17, 15) is 9.59 Å². The standard InChI is InChI=1S/C18H20N2O2/c1-14-7-5-10-16(13-14)20-17(21)11-6-12-19-18(22)15-8-3-2-4-9-15/h2-5,7-10,13H,6,11-12H2,1H3,(H,19,22)(H,20,21). The van der Waals surface area contributed by atoms with Crippen LogP contribution < -0.4 is 10.6 Å². The van der Waals surface area contributed by atoms with Gasteiger partial charge in [0.25, 0.3) is 5.91 Å². The van der Waals surface area contributed by atoms with Crippen LogP contribution in [0.4, 0.5) is 5.69 Å². The Balaban J connectivity index is 1.68. The first-order valence-corrected chi connectivity index (χ1v) is 7.35. The molecule has 114 valence electrons. The lowest BCUT2D eigenvalue weighted by Gasteiger charge is -2.07. The van der Waals surface area contributed by atoms with Crippen molar-refractivity contribution in [3.63, 3.8) is 0 Å². The average molecular weight is 296 g/mol. The monoisotopic (exact) mass is 296 g/mol. The summed E-state index contributed by atoms with van der Waals surface area (Å²) in [6.07, 6.45) is 0.985. The first-order valence-electron chi connectivity index (χ1n) is 7.35. The van der Waals surface area contributed by atoms with Gasteiger partial charge in [-0.25, -0.2) is 0 Å². The summed E-state index contributed by atoms with van der Waals surface area (Å²) in [4.78, 5) is 23.6. The molecule has 0 aliphatic carbocycles. The molecule has 0 saturated carbocycles. The third-order valence-electron chi connectivity index (χ3n) is 3.20. The third kappa shape index (κ3) is 5.05. The summed E-state index contributed by atoms with van der Waals surface area (Å²) in [5.74, 6) is -0.153. The minimum Gasteiger partial charge on any atom is -0.352 e. The predicted molar refractivity (Wildman–Crippen MR) is 87.8 cm³/mol. The van der Waals surface area contributed by atoms with E-state index >= 15 is 0 Å². The van der Waals surface area contributed by atoms with Crippen molar-refractivity contribution in [2.75, 3.05) is 11.9 Å². The van der Waals surface area contributed by atoms with Gasteiger partial charge in [-0.05, 0) is 43.2 Å². The highest BCUT2D eigenvalue weighted by Crippen LogP contribution is 2.10. The van der Waals surface area contributed by atoms with Crippen molar-refractivity contribution in [2.24, 2.45) is 0 Å². The van der Waals surface area contributed by atoms with Crippen LogP contribution >= 0.6 is 0 Å². The van der Waals surface area contributed by atoms with Crippen LogP contribution in [0, 0.1) is 6.92 Å². The molecule has 0 saturated heterocycles. The number of aryl methyl sites for hydroxylation is 1. The van der Waals surface area contributed by atoms with Crippen LogP contribution in [0.1, 0.15) is 28.8 Å². The summed E-state index contributed by atoms with van der Waals surface area (Å²) in [5, 5.41) is 5.66. The lowest BCUT2D eigenvalue weighted by Crippen LogP contribution is -2.25. The number of nitrogens with one attached hydrogen (secondary N) is 2. The molecule has 2 rings (SSSR count). The normalized spacial score (nSPS) is 10.0. The Hall–Kier alpha value is -2.62. The molecule has 0 heterocycles. The second kappa shape index (κ2) is 7.98. The van der Waals surface area contributed by atoms with E-state index in [1.54, 1.807) is 12.1 Å². The molecule has 0 fully saturated rings. The van der Waals surface area contributed by atoms with E-state index in [1.165, 1.54) is 0 Å². The van der Waals surface area contributed by atoms with Gasteiger partial charge >= 0.3 is 0 Å². The quantitative estimate of drug-likeness (QED) is 0.805. The molecule has 4 nitrogen and oxygen atoms in total. The van der Waals surface area contributed by atoms with Crippen molar-refractivity contribution < 1.29 is 9.59 Å². The molecule has 2 aromatic rings. The van der Waals surface area contributed by atoms with E-state index in [4.69, 9.17) is 0 Å². The van der Waals surface area contributed by atoms with Gasteiger partial charge in [-0.1, -0.05) is 30.3 Å². The van der Waals surface area contributed by atoms with Gasteiger partial charge in [0.1, 0.15) is 0 Å². The highest BCUT2D eigenvalue weighted by atomic mass is 16.2. The maximum atomic E-state index is 11.8. The van der Waals surface area contributed by atoms with Crippen molar-refractivity contribution in [1.29, 1.82) is 0 Å². The molecular weight excluding hydrogens is 276 g/mol. The topological polar surface area (TPSA) is 58.2 Å². The van der Waals surface area contributed by atoms with Gasteiger partial charge in [0.15, 0.2) is 0 Å². The highest BCUT2D eigenvalue weighted by Gasteiger charge is 2.05.